The second-order valence-corrected chi connectivity index (χ2v) is 9.35. The third-order valence-corrected chi connectivity index (χ3v) is 5.97. The van der Waals surface area contributed by atoms with Crippen LogP contribution in [-0.2, 0) is 4.74 Å². The molecule has 25 heavy (non-hydrogen) atoms. The molecule has 1 aromatic carbocycles. The van der Waals surface area contributed by atoms with Crippen LogP contribution in [0.4, 0.5) is 10.5 Å². The minimum atomic E-state index is -0.415. The number of hydrogen-bond acceptors (Lipinski definition) is 3. The molecule has 138 valence electrons. The van der Waals surface area contributed by atoms with Gasteiger partial charge in [0.15, 0.2) is 0 Å². The summed E-state index contributed by atoms with van der Waals surface area (Å²) in [6, 6.07) is 8.56. The van der Waals surface area contributed by atoms with E-state index in [1.165, 1.54) is 18.5 Å². The summed E-state index contributed by atoms with van der Waals surface area (Å²) in [5.41, 5.74) is 1.29. The first-order valence-electron chi connectivity index (χ1n) is 9.25. The fraction of sp³-hybridized carbons (Fsp3) is 0.650. The van der Waals surface area contributed by atoms with Crippen molar-refractivity contribution in [2.45, 2.75) is 52.1 Å². The van der Waals surface area contributed by atoms with Crippen molar-refractivity contribution >= 4 is 27.7 Å². The predicted molar refractivity (Wildman–Crippen MR) is 105 cm³/mol. The second kappa shape index (κ2) is 7.18. The van der Waals surface area contributed by atoms with Crippen LogP contribution in [0, 0.1) is 5.41 Å². The normalized spacial score (nSPS) is 20.6. The van der Waals surface area contributed by atoms with Crippen LogP contribution in [0.1, 0.15) is 46.5 Å². The molecule has 4 nitrogen and oxygen atoms in total. The highest BCUT2D eigenvalue weighted by Gasteiger charge is 2.39. The molecule has 2 fully saturated rings. The SMILES string of the molecule is CC(C)(C)OC(=O)N1CCC2(CC1)CCN(c1cccc(Br)c1)CC2. The number of ether oxygens (including phenoxy) is 1. The Balaban J connectivity index is 1.52. The van der Waals surface area contributed by atoms with Gasteiger partial charge in [-0.05, 0) is 70.1 Å². The van der Waals surface area contributed by atoms with Gasteiger partial charge in [-0.1, -0.05) is 22.0 Å². The van der Waals surface area contributed by atoms with Crippen LogP contribution in [-0.4, -0.2) is 42.8 Å². The second-order valence-electron chi connectivity index (χ2n) is 8.43. The van der Waals surface area contributed by atoms with E-state index in [4.69, 9.17) is 4.74 Å². The lowest BCUT2D eigenvalue weighted by atomic mass is 9.71. The summed E-state index contributed by atoms with van der Waals surface area (Å²) in [7, 11) is 0. The number of carbonyl (C=O) groups excluding carboxylic acids is 1. The predicted octanol–water partition coefficient (Wildman–Crippen LogP) is 5.07. The Morgan fingerprint density at radius 3 is 2.24 bits per heavy atom. The molecule has 1 aromatic rings. The van der Waals surface area contributed by atoms with E-state index < -0.39 is 5.60 Å². The zero-order valence-electron chi connectivity index (χ0n) is 15.6. The maximum Gasteiger partial charge on any atom is 0.410 e. The van der Waals surface area contributed by atoms with Gasteiger partial charge >= 0.3 is 6.09 Å². The van der Waals surface area contributed by atoms with E-state index in [-0.39, 0.29) is 6.09 Å². The van der Waals surface area contributed by atoms with E-state index >= 15 is 0 Å². The molecule has 2 aliphatic rings. The molecule has 1 amide bonds. The van der Waals surface area contributed by atoms with Crippen LogP contribution >= 0.6 is 15.9 Å². The standard InChI is InChI=1S/C20H29BrN2O2/c1-19(2,3)25-18(24)23-13-9-20(10-14-23)7-11-22(12-8-20)17-6-4-5-16(21)15-17/h4-6,15H,7-14H2,1-3H3. The lowest BCUT2D eigenvalue weighted by Crippen LogP contribution is -2.49. The molecule has 0 radical (unpaired) electrons. The highest BCUT2D eigenvalue weighted by molar-refractivity contribution is 9.10. The van der Waals surface area contributed by atoms with E-state index in [0.29, 0.717) is 5.41 Å². The third kappa shape index (κ3) is 4.69. The van der Waals surface area contributed by atoms with E-state index in [0.717, 1.165) is 43.5 Å². The molecule has 2 saturated heterocycles. The number of anilines is 1. The summed E-state index contributed by atoms with van der Waals surface area (Å²) in [5, 5.41) is 0. The summed E-state index contributed by atoms with van der Waals surface area (Å²) in [6.45, 7) is 9.62. The maximum absolute atomic E-state index is 12.2. The van der Waals surface area contributed by atoms with Crippen molar-refractivity contribution in [3.05, 3.63) is 28.7 Å². The summed E-state index contributed by atoms with van der Waals surface area (Å²) >= 11 is 3.56. The van der Waals surface area contributed by atoms with E-state index in [9.17, 15) is 4.79 Å². The molecule has 0 aliphatic carbocycles. The number of piperidine rings is 2. The molecular weight excluding hydrogens is 380 g/mol. The zero-order valence-corrected chi connectivity index (χ0v) is 17.1. The molecule has 3 rings (SSSR count). The Labute approximate surface area is 159 Å². The van der Waals surface area contributed by atoms with Crippen molar-refractivity contribution in [1.82, 2.24) is 4.90 Å². The van der Waals surface area contributed by atoms with Gasteiger partial charge in [0.2, 0.25) is 0 Å². The largest absolute Gasteiger partial charge is 0.444 e. The number of halogens is 1. The Hall–Kier alpha value is -1.23. The topological polar surface area (TPSA) is 32.8 Å². The quantitative estimate of drug-likeness (QED) is 0.650. The number of carbonyl (C=O) groups is 1. The Bertz CT molecular complexity index is 608. The molecule has 0 bridgehead atoms. The summed E-state index contributed by atoms with van der Waals surface area (Å²) < 4.78 is 6.65. The monoisotopic (exact) mass is 408 g/mol. The van der Waals surface area contributed by atoms with Gasteiger partial charge < -0.3 is 14.5 Å². The van der Waals surface area contributed by atoms with E-state index in [1.54, 1.807) is 0 Å². The number of hydrogen-bond donors (Lipinski definition) is 0. The summed E-state index contributed by atoms with van der Waals surface area (Å²) in [5.74, 6) is 0. The van der Waals surface area contributed by atoms with E-state index in [2.05, 4.69) is 45.1 Å². The van der Waals surface area contributed by atoms with Crippen LogP contribution in [0.2, 0.25) is 0 Å². The molecule has 0 atom stereocenters. The molecule has 0 saturated carbocycles. The van der Waals surface area contributed by atoms with Gasteiger partial charge in [-0.25, -0.2) is 4.79 Å². The first-order valence-corrected chi connectivity index (χ1v) is 10.0. The first kappa shape index (κ1) is 18.6. The highest BCUT2D eigenvalue weighted by Crippen LogP contribution is 2.42. The molecule has 1 spiro atoms. The van der Waals surface area contributed by atoms with Crippen molar-refractivity contribution in [2.75, 3.05) is 31.1 Å². The lowest BCUT2D eigenvalue weighted by molar-refractivity contribution is 0.00666. The third-order valence-electron chi connectivity index (χ3n) is 5.47. The molecular formula is C20H29BrN2O2. The number of nitrogens with zero attached hydrogens (tertiary/aromatic N) is 2. The highest BCUT2D eigenvalue weighted by atomic mass is 79.9. The molecule has 2 heterocycles. The number of likely N-dealkylation sites (tertiary alicyclic amines) is 1. The summed E-state index contributed by atoms with van der Waals surface area (Å²) in [6.07, 6.45) is 4.45. The molecule has 0 unspecified atom stereocenters. The number of rotatable bonds is 1. The fourth-order valence-corrected chi connectivity index (χ4v) is 4.29. The van der Waals surface area contributed by atoms with Crippen LogP contribution in [0.5, 0.6) is 0 Å². The van der Waals surface area contributed by atoms with Crippen molar-refractivity contribution in [3.63, 3.8) is 0 Å². The zero-order chi connectivity index (χ0) is 18.1. The van der Waals surface area contributed by atoms with Crippen molar-refractivity contribution in [2.24, 2.45) is 5.41 Å². The minimum absolute atomic E-state index is 0.158. The van der Waals surface area contributed by atoms with Gasteiger partial charge in [0, 0.05) is 36.3 Å². The van der Waals surface area contributed by atoms with Gasteiger partial charge in [-0.2, -0.15) is 0 Å². The van der Waals surface area contributed by atoms with Gasteiger partial charge in [-0.3, -0.25) is 0 Å². The van der Waals surface area contributed by atoms with Crippen molar-refractivity contribution in [1.29, 1.82) is 0 Å². The average Bonchev–Trinajstić information content (AvgIpc) is 2.54. The van der Waals surface area contributed by atoms with E-state index in [1.807, 2.05) is 25.7 Å². The Morgan fingerprint density at radius 2 is 1.68 bits per heavy atom. The summed E-state index contributed by atoms with van der Waals surface area (Å²) in [4.78, 5) is 16.6. The van der Waals surface area contributed by atoms with Crippen LogP contribution in [0.15, 0.2) is 28.7 Å². The first-order chi connectivity index (χ1) is 11.8. The molecule has 0 N–H and O–H groups in total. The molecule has 2 aliphatic heterocycles. The van der Waals surface area contributed by atoms with Gasteiger partial charge in [-0.15, -0.1) is 0 Å². The van der Waals surface area contributed by atoms with Gasteiger partial charge in [0.1, 0.15) is 5.60 Å². The van der Waals surface area contributed by atoms with Crippen molar-refractivity contribution in [3.8, 4) is 0 Å². The number of benzene rings is 1. The van der Waals surface area contributed by atoms with Gasteiger partial charge in [0.25, 0.3) is 0 Å². The molecule has 0 aromatic heterocycles. The average molecular weight is 409 g/mol. The Morgan fingerprint density at radius 1 is 1.08 bits per heavy atom. The Kier molecular flexibility index (Phi) is 5.33. The van der Waals surface area contributed by atoms with Crippen LogP contribution in [0.3, 0.4) is 0 Å². The minimum Gasteiger partial charge on any atom is -0.444 e. The van der Waals surface area contributed by atoms with Crippen LogP contribution < -0.4 is 4.90 Å². The fourth-order valence-electron chi connectivity index (χ4n) is 3.90. The van der Waals surface area contributed by atoms with Gasteiger partial charge in [0.05, 0.1) is 0 Å². The lowest BCUT2D eigenvalue weighted by Gasteiger charge is -2.47. The smallest absolute Gasteiger partial charge is 0.410 e. The van der Waals surface area contributed by atoms with Crippen molar-refractivity contribution < 1.29 is 9.53 Å². The number of amides is 1. The maximum atomic E-state index is 12.2. The van der Waals surface area contributed by atoms with Crippen LogP contribution in [0.25, 0.3) is 0 Å². The molecule has 5 heteroatoms.